The molecule has 3 atom stereocenters. The highest BCUT2D eigenvalue weighted by Gasteiger charge is 2.37. The molecule has 0 spiro atoms. The number of aryl methyl sites for hydroxylation is 3. The number of hydrogen-bond acceptors (Lipinski definition) is 4. The zero-order chi connectivity index (χ0) is 15.6. The number of methoxy groups -OCH3 is 2. The van der Waals surface area contributed by atoms with E-state index >= 15 is 0 Å². The summed E-state index contributed by atoms with van der Waals surface area (Å²) in [5.74, 6) is 0. The highest BCUT2D eigenvalue weighted by Crippen LogP contribution is 2.31. The molecule has 1 aliphatic rings. The summed E-state index contributed by atoms with van der Waals surface area (Å²) >= 11 is 0. The van der Waals surface area contributed by atoms with Crippen molar-refractivity contribution in [2.75, 3.05) is 33.9 Å². The summed E-state index contributed by atoms with van der Waals surface area (Å²) in [4.78, 5) is 2.40. The van der Waals surface area contributed by atoms with E-state index in [0.29, 0.717) is 6.54 Å². The number of ether oxygens (including phenoxy) is 2. The monoisotopic (exact) mass is 292 g/mol. The van der Waals surface area contributed by atoms with E-state index in [4.69, 9.17) is 15.2 Å². The Labute approximate surface area is 128 Å². The number of nitrogens with zero attached hydrogens (tertiary/aromatic N) is 1. The Balaban J connectivity index is 2.29. The van der Waals surface area contributed by atoms with E-state index in [0.717, 1.165) is 13.1 Å². The summed E-state index contributed by atoms with van der Waals surface area (Å²) in [6.45, 7) is 8.83. The van der Waals surface area contributed by atoms with Crippen LogP contribution in [0.2, 0.25) is 0 Å². The fourth-order valence-corrected chi connectivity index (χ4v) is 3.65. The van der Waals surface area contributed by atoms with Crippen molar-refractivity contribution < 1.29 is 9.47 Å². The van der Waals surface area contributed by atoms with E-state index in [9.17, 15) is 0 Å². The van der Waals surface area contributed by atoms with Gasteiger partial charge in [-0.2, -0.15) is 0 Å². The van der Waals surface area contributed by atoms with Crippen LogP contribution in [-0.4, -0.2) is 51.0 Å². The fraction of sp³-hybridized carbons (Fsp3) is 0.647. The summed E-state index contributed by atoms with van der Waals surface area (Å²) in [6.07, 6.45) is 0.241. The van der Waals surface area contributed by atoms with E-state index in [1.165, 1.54) is 22.3 Å². The third kappa shape index (κ3) is 3.29. The number of benzene rings is 1. The lowest BCUT2D eigenvalue weighted by atomic mass is 9.93. The van der Waals surface area contributed by atoms with Gasteiger partial charge in [-0.25, -0.2) is 0 Å². The van der Waals surface area contributed by atoms with Gasteiger partial charge in [-0.05, 0) is 37.5 Å². The molecule has 1 heterocycles. The third-order valence-corrected chi connectivity index (χ3v) is 4.58. The van der Waals surface area contributed by atoms with E-state index in [2.05, 4.69) is 37.8 Å². The average Bonchev–Trinajstić information content (AvgIpc) is 2.85. The molecular formula is C17H28N2O2. The third-order valence-electron chi connectivity index (χ3n) is 4.58. The van der Waals surface area contributed by atoms with Crippen LogP contribution in [0.3, 0.4) is 0 Å². The summed E-state index contributed by atoms with van der Waals surface area (Å²) in [7, 11) is 3.50. The van der Waals surface area contributed by atoms with Gasteiger partial charge >= 0.3 is 0 Å². The topological polar surface area (TPSA) is 47.7 Å². The van der Waals surface area contributed by atoms with Gasteiger partial charge < -0.3 is 15.2 Å². The number of likely N-dealkylation sites (tertiary alicyclic amines) is 1. The molecule has 118 valence electrons. The van der Waals surface area contributed by atoms with E-state index in [1.54, 1.807) is 14.2 Å². The van der Waals surface area contributed by atoms with Crippen molar-refractivity contribution in [1.82, 2.24) is 4.90 Å². The molecular weight excluding hydrogens is 264 g/mol. The lowest BCUT2D eigenvalue weighted by Crippen LogP contribution is -2.34. The molecule has 3 unspecified atom stereocenters. The first-order chi connectivity index (χ1) is 10.0. The Kier molecular flexibility index (Phi) is 5.38. The van der Waals surface area contributed by atoms with Crippen LogP contribution in [-0.2, 0) is 9.47 Å². The quantitative estimate of drug-likeness (QED) is 0.901. The van der Waals surface area contributed by atoms with Gasteiger partial charge in [0.25, 0.3) is 0 Å². The van der Waals surface area contributed by atoms with E-state index in [-0.39, 0.29) is 18.2 Å². The maximum atomic E-state index is 6.11. The molecule has 2 rings (SSSR count). The van der Waals surface area contributed by atoms with Gasteiger partial charge in [0.15, 0.2) is 0 Å². The predicted octanol–water partition coefficient (Wildman–Crippen LogP) is 1.96. The molecule has 1 aliphatic heterocycles. The normalized spacial score (nSPS) is 24.5. The Bertz CT molecular complexity index is 455. The van der Waals surface area contributed by atoms with Crippen LogP contribution in [0.5, 0.6) is 0 Å². The van der Waals surface area contributed by atoms with Gasteiger partial charge in [0.1, 0.15) is 0 Å². The molecule has 0 amide bonds. The van der Waals surface area contributed by atoms with Crippen molar-refractivity contribution in [2.24, 2.45) is 5.73 Å². The largest absolute Gasteiger partial charge is 0.377 e. The first-order valence-electron chi connectivity index (χ1n) is 7.59. The Morgan fingerprint density at radius 3 is 1.95 bits per heavy atom. The standard InChI is InChI=1S/C17H28N2O2/c1-11-6-12(2)17(13(3)7-11)14(8-18)19-9-15(20-4)16(10-19)21-5/h6-7,14-16H,8-10,18H2,1-5H3. The molecule has 21 heavy (non-hydrogen) atoms. The SMILES string of the molecule is COC1CN(C(CN)c2c(C)cc(C)cc2C)CC1OC. The predicted molar refractivity (Wildman–Crippen MR) is 85.6 cm³/mol. The smallest absolute Gasteiger partial charge is 0.0972 e. The van der Waals surface area contributed by atoms with Crippen LogP contribution in [0.25, 0.3) is 0 Å². The minimum atomic E-state index is 0.120. The van der Waals surface area contributed by atoms with Gasteiger partial charge in [0.05, 0.1) is 12.2 Å². The van der Waals surface area contributed by atoms with Gasteiger partial charge in [0.2, 0.25) is 0 Å². The van der Waals surface area contributed by atoms with Crippen LogP contribution in [0.4, 0.5) is 0 Å². The molecule has 1 fully saturated rings. The highest BCUT2D eigenvalue weighted by molar-refractivity contribution is 5.40. The van der Waals surface area contributed by atoms with E-state index in [1.807, 2.05) is 0 Å². The summed E-state index contributed by atoms with van der Waals surface area (Å²) < 4.78 is 11.1. The fourth-order valence-electron chi connectivity index (χ4n) is 3.65. The zero-order valence-corrected chi connectivity index (χ0v) is 13.8. The molecule has 0 radical (unpaired) electrons. The van der Waals surface area contributed by atoms with E-state index < -0.39 is 0 Å². The molecule has 0 saturated carbocycles. The van der Waals surface area contributed by atoms with Gasteiger partial charge in [-0.15, -0.1) is 0 Å². The summed E-state index contributed by atoms with van der Waals surface area (Å²) in [5, 5.41) is 0. The zero-order valence-electron chi connectivity index (χ0n) is 13.8. The van der Waals surface area contributed by atoms with Gasteiger partial charge in [0, 0.05) is 39.9 Å². The molecule has 0 bridgehead atoms. The van der Waals surface area contributed by atoms with Crippen molar-refractivity contribution in [3.05, 3.63) is 34.4 Å². The van der Waals surface area contributed by atoms with Crippen molar-refractivity contribution in [3.8, 4) is 0 Å². The molecule has 0 aromatic heterocycles. The summed E-state index contributed by atoms with van der Waals surface area (Å²) in [6, 6.07) is 4.70. The summed E-state index contributed by atoms with van der Waals surface area (Å²) in [5.41, 5.74) is 11.4. The molecule has 0 aliphatic carbocycles. The van der Waals surface area contributed by atoms with Crippen molar-refractivity contribution in [2.45, 2.75) is 39.0 Å². The van der Waals surface area contributed by atoms with Gasteiger partial charge in [-0.3, -0.25) is 4.90 Å². The highest BCUT2D eigenvalue weighted by atomic mass is 16.5. The van der Waals surface area contributed by atoms with Gasteiger partial charge in [-0.1, -0.05) is 17.7 Å². The molecule has 1 aromatic carbocycles. The number of nitrogens with two attached hydrogens (primary N) is 1. The molecule has 4 nitrogen and oxygen atoms in total. The second-order valence-corrected chi connectivity index (χ2v) is 6.07. The van der Waals surface area contributed by atoms with Crippen molar-refractivity contribution in [3.63, 3.8) is 0 Å². The molecule has 2 N–H and O–H groups in total. The second kappa shape index (κ2) is 6.88. The van der Waals surface area contributed by atoms with Crippen LogP contribution >= 0.6 is 0 Å². The van der Waals surface area contributed by atoms with Crippen LogP contribution in [0, 0.1) is 20.8 Å². The van der Waals surface area contributed by atoms with Crippen LogP contribution in [0.15, 0.2) is 12.1 Å². The molecule has 1 aromatic rings. The maximum absolute atomic E-state index is 6.11. The first-order valence-corrected chi connectivity index (χ1v) is 7.59. The minimum Gasteiger partial charge on any atom is -0.377 e. The van der Waals surface area contributed by atoms with Crippen LogP contribution < -0.4 is 5.73 Å². The minimum absolute atomic E-state index is 0.120. The Morgan fingerprint density at radius 2 is 1.57 bits per heavy atom. The maximum Gasteiger partial charge on any atom is 0.0972 e. The van der Waals surface area contributed by atoms with Crippen molar-refractivity contribution in [1.29, 1.82) is 0 Å². The Hall–Kier alpha value is -0.940. The lowest BCUT2D eigenvalue weighted by molar-refractivity contribution is -0.00461. The second-order valence-electron chi connectivity index (χ2n) is 6.07. The lowest BCUT2D eigenvalue weighted by Gasteiger charge is -2.29. The first kappa shape index (κ1) is 16.4. The molecule has 1 saturated heterocycles. The van der Waals surface area contributed by atoms with Crippen LogP contribution in [0.1, 0.15) is 28.3 Å². The Morgan fingerprint density at radius 1 is 1.10 bits per heavy atom. The number of hydrogen-bond donors (Lipinski definition) is 1. The van der Waals surface area contributed by atoms with Crippen molar-refractivity contribution >= 4 is 0 Å². The number of rotatable bonds is 5. The average molecular weight is 292 g/mol. The molecule has 4 heteroatoms.